The van der Waals surface area contributed by atoms with Crippen LogP contribution in [0.5, 0.6) is 5.75 Å². The van der Waals surface area contributed by atoms with E-state index >= 15 is 0 Å². The van der Waals surface area contributed by atoms with Gasteiger partial charge in [0.25, 0.3) is 0 Å². The number of amides is 1. The minimum atomic E-state index is -0.562. The van der Waals surface area contributed by atoms with Crippen LogP contribution in [0.2, 0.25) is 0 Å². The molecule has 0 saturated carbocycles. The van der Waals surface area contributed by atoms with Crippen molar-refractivity contribution in [3.63, 3.8) is 0 Å². The molecule has 0 aliphatic carbocycles. The smallest absolute Gasteiger partial charge is 0.379 e. The molecule has 4 rings (SSSR count). The summed E-state index contributed by atoms with van der Waals surface area (Å²) in [6.45, 7) is 0. The van der Waals surface area contributed by atoms with E-state index in [0.29, 0.717) is 17.2 Å². The lowest BCUT2D eigenvalue weighted by Gasteiger charge is -2.20. The van der Waals surface area contributed by atoms with E-state index in [9.17, 15) is 9.59 Å². The van der Waals surface area contributed by atoms with Crippen LogP contribution in [-0.4, -0.2) is 23.3 Å². The zero-order valence-electron chi connectivity index (χ0n) is 11.2. The Labute approximate surface area is 129 Å². The van der Waals surface area contributed by atoms with Crippen molar-refractivity contribution in [2.75, 3.05) is 5.75 Å². The predicted octanol–water partition coefficient (Wildman–Crippen LogP) is 2.05. The first-order chi connectivity index (χ1) is 10.7. The topological polar surface area (TPSA) is 80.9 Å². The standard InChI is InChI=1S/C15H10N2O4S/c18-14-10-7-22-12-4-3-8(6-9(12)13(10)16-17-14)21-15(19)11-2-1-5-20-11/h1-6,10H,7H2,(H,17,18). The first-order valence-corrected chi connectivity index (χ1v) is 7.61. The first kappa shape index (κ1) is 13.1. The molecule has 1 aromatic carbocycles. The van der Waals surface area contributed by atoms with E-state index in [4.69, 9.17) is 9.15 Å². The van der Waals surface area contributed by atoms with Gasteiger partial charge < -0.3 is 9.15 Å². The molecule has 2 aliphatic rings. The van der Waals surface area contributed by atoms with E-state index in [2.05, 4.69) is 10.5 Å². The zero-order chi connectivity index (χ0) is 15.1. The Morgan fingerprint density at radius 3 is 3.14 bits per heavy atom. The van der Waals surface area contributed by atoms with Gasteiger partial charge in [0.2, 0.25) is 11.7 Å². The third-order valence-electron chi connectivity index (χ3n) is 3.50. The highest BCUT2D eigenvalue weighted by Gasteiger charge is 2.36. The van der Waals surface area contributed by atoms with Crippen LogP contribution in [-0.2, 0) is 4.79 Å². The van der Waals surface area contributed by atoms with E-state index in [0.717, 1.165) is 10.5 Å². The molecule has 7 heteroatoms. The second kappa shape index (κ2) is 5.03. The fraction of sp³-hybridized carbons (Fsp3) is 0.133. The number of thioether (sulfide) groups is 1. The van der Waals surface area contributed by atoms with Crippen molar-refractivity contribution in [3.8, 4) is 5.75 Å². The summed E-state index contributed by atoms with van der Waals surface area (Å²) >= 11 is 1.59. The van der Waals surface area contributed by atoms with Crippen molar-refractivity contribution < 1.29 is 18.7 Å². The van der Waals surface area contributed by atoms with Gasteiger partial charge >= 0.3 is 5.97 Å². The fourth-order valence-corrected chi connectivity index (χ4v) is 3.56. The first-order valence-electron chi connectivity index (χ1n) is 6.63. The Bertz CT molecular complexity index is 798. The summed E-state index contributed by atoms with van der Waals surface area (Å²) in [6, 6.07) is 8.48. The Balaban J connectivity index is 1.64. The molecule has 0 radical (unpaired) electrons. The predicted molar refractivity (Wildman–Crippen MR) is 79.0 cm³/mol. The fourth-order valence-electron chi connectivity index (χ4n) is 2.42. The maximum Gasteiger partial charge on any atom is 0.379 e. The third-order valence-corrected chi connectivity index (χ3v) is 4.67. The SMILES string of the molecule is O=C(Oc1ccc2c(c1)C1=NNC(=O)C1CS2)c1ccco1. The van der Waals surface area contributed by atoms with E-state index in [1.165, 1.54) is 12.3 Å². The number of carbonyl (C=O) groups is 2. The maximum absolute atomic E-state index is 11.9. The highest BCUT2D eigenvalue weighted by atomic mass is 32.2. The highest BCUT2D eigenvalue weighted by Crippen LogP contribution is 2.37. The van der Waals surface area contributed by atoms with Gasteiger partial charge in [-0.25, -0.2) is 10.2 Å². The molecule has 2 aliphatic heterocycles. The number of furan rings is 1. The number of hydrogen-bond donors (Lipinski definition) is 1. The number of hydrogen-bond acceptors (Lipinski definition) is 6. The van der Waals surface area contributed by atoms with Gasteiger partial charge in [0.05, 0.1) is 17.9 Å². The quantitative estimate of drug-likeness (QED) is 0.678. The molecule has 1 unspecified atom stereocenters. The Hall–Kier alpha value is -2.54. The van der Waals surface area contributed by atoms with Crippen LogP contribution < -0.4 is 10.2 Å². The van der Waals surface area contributed by atoms with Crippen molar-refractivity contribution >= 4 is 29.4 Å². The molecule has 110 valence electrons. The number of ether oxygens (including phenoxy) is 1. The molecular formula is C15H10N2O4S. The second-order valence-corrected chi connectivity index (χ2v) is 5.92. The number of benzene rings is 1. The molecule has 0 spiro atoms. The highest BCUT2D eigenvalue weighted by molar-refractivity contribution is 7.99. The molecule has 1 amide bonds. The molecule has 3 heterocycles. The number of hydrazone groups is 1. The zero-order valence-corrected chi connectivity index (χ0v) is 12.1. The number of fused-ring (bicyclic) bond motifs is 3. The van der Waals surface area contributed by atoms with Gasteiger partial charge in [-0.05, 0) is 30.3 Å². The molecule has 1 aromatic heterocycles. The summed E-state index contributed by atoms with van der Waals surface area (Å²) < 4.78 is 10.3. The third kappa shape index (κ3) is 2.10. The number of esters is 1. The van der Waals surface area contributed by atoms with Crippen molar-refractivity contribution in [1.29, 1.82) is 0 Å². The number of nitrogens with zero attached hydrogens (tertiary/aromatic N) is 1. The lowest BCUT2D eigenvalue weighted by Crippen LogP contribution is -2.28. The monoisotopic (exact) mass is 314 g/mol. The Kier molecular flexibility index (Phi) is 3.00. The van der Waals surface area contributed by atoms with Gasteiger partial charge in [0, 0.05) is 16.2 Å². The van der Waals surface area contributed by atoms with Gasteiger partial charge in [0.1, 0.15) is 5.75 Å². The minimum Gasteiger partial charge on any atom is -0.457 e. The Morgan fingerprint density at radius 1 is 1.41 bits per heavy atom. The van der Waals surface area contributed by atoms with Crippen LogP contribution in [0.25, 0.3) is 0 Å². The van der Waals surface area contributed by atoms with Crippen LogP contribution in [0.15, 0.2) is 51.0 Å². The Morgan fingerprint density at radius 2 is 2.32 bits per heavy atom. The minimum absolute atomic E-state index is 0.0915. The average Bonchev–Trinajstić information content (AvgIpc) is 3.17. The lowest BCUT2D eigenvalue weighted by molar-refractivity contribution is -0.121. The molecule has 6 nitrogen and oxygen atoms in total. The number of rotatable bonds is 2. The molecule has 22 heavy (non-hydrogen) atoms. The van der Waals surface area contributed by atoms with Gasteiger partial charge in [-0.1, -0.05) is 0 Å². The summed E-state index contributed by atoms with van der Waals surface area (Å²) in [7, 11) is 0. The molecule has 0 bridgehead atoms. The van der Waals surface area contributed by atoms with Gasteiger partial charge in [-0.15, -0.1) is 11.8 Å². The maximum atomic E-state index is 11.9. The summed E-state index contributed by atoms with van der Waals surface area (Å²) in [6.07, 6.45) is 1.41. The normalized spacial score (nSPS) is 19.0. The summed E-state index contributed by atoms with van der Waals surface area (Å²) in [4.78, 5) is 24.6. The van der Waals surface area contributed by atoms with Crippen LogP contribution in [0.1, 0.15) is 16.1 Å². The van der Waals surface area contributed by atoms with Crippen LogP contribution in [0.3, 0.4) is 0 Å². The van der Waals surface area contributed by atoms with Gasteiger partial charge in [-0.3, -0.25) is 4.79 Å². The lowest BCUT2D eigenvalue weighted by atomic mass is 9.98. The average molecular weight is 314 g/mol. The van der Waals surface area contributed by atoms with Crippen LogP contribution in [0.4, 0.5) is 0 Å². The second-order valence-electron chi connectivity index (χ2n) is 4.86. The summed E-state index contributed by atoms with van der Waals surface area (Å²) in [5.74, 6) is 0.305. The molecule has 2 aromatic rings. The largest absolute Gasteiger partial charge is 0.457 e. The molecule has 1 atom stereocenters. The summed E-state index contributed by atoms with van der Waals surface area (Å²) in [5.41, 5.74) is 4.02. The van der Waals surface area contributed by atoms with E-state index in [1.807, 2.05) is 6.07 Å². The van der Waals surface area contributed by atoms with Crippen LogP contribution >= 0.6 is 11.8 Å². The van der Waals surface area contributed by atoms with Crippen molar-refractivity contribution in [2.45, 2.75) is 4.90 Å². The van der Waals surface area contributed by atoms with E-state index in [1.54, 1.807) is 30.0 Å². The van der Waals surface area contributed by atoms with E-state index in [-0.39, 0.29) is 17.6 Å². The van der Waals surface area contributed by atoms with E-state index < -0.39 is 5.97 Å². The molecule has 1 N–H and O–H groups in total. The van der Waals surface area contributed by atoms with Crippen molar-refractivity contribution in [1.82, 2.24) is 5.43 Å². The number of nitrogens with one attached hydrogen (secondary N) is 1. The van der Waals surface area contributed by atoms with Gasteiger partial charge in [0.15, 0.2) is 0 Å². The van der Waals surface area contributed by atoms with Crippen molar-refractivity contribution in [3.05, 3.63) is 47.9 Å². The molecular weight excluding hydrogens is 304 g/mol. The summed E-state index contributed by atoms with van der Waals surface area (Å²) in [5, 5.41) is 4.10. The van der Waals surface area contributed by atoms with Crippen molar-refractivity contribution in [2.24, 2.45) is 11.0 Å². The van der Waals surface area contributed by atoms with Gasteiger partial charge in [-0.2, -0.15) is 5.10 Å². The molecule has 0 fully saturated rings. The van der Waals surface area contributed by atoms with Crippen LogP contribution in [0, 0.1) is 5.92 Å². The number of carbonyl (C=O) groups excluding carboxylic acids is 2. The molecule has 0 saturated heterocycles.